The van der Waals surface area contributed by atoms with Crippen molar-refractivity contribution in [2.75, 3.05) is 32.2 Å². The molecule has 0 unspecified atom stereocenters. The molecule has 0 fully saturated rings. The highest BCUT2D eigenvalue weighted by Gasteiger charge is 2.25. The number of esters is 1. The number of hydrogen-bond donors (Lipinski definition) is 0. The third-order valence-corrected chi connectivity index (χ3v) is 8.22. The summed E-state index contributed by atoms with van der Waals surface area (Å²) in [6.45, 7) is 5.02. The van der Waals surface area contributed by atoms with Gasteiger partial charge in [-0.3, -0.25) is 14.2 Å². The fraction of sp³-hybridized carbons (Fsp3) is 0.243. The number of benzene rings is 4. The lowest BCUT2D eigenvalue weighted by Crippen LogP contribution is -2.41. The number of ether oxygens (including phenoxy) is 4. The molecule has 4 aromatic carbocycles. The molecule has 0 spiro atoms. The number of carbonyl (C=O) groups excluding carboxylic acids is 2. The summed E-state index contributed by atoms with van der Waals surface area (Å²) in [6.07, 6.45) is -0.104. The summed E-state index contributed by atoms with van der Waals surface area (Å²) in [5, 5.41) is 0.772. The van der Waals surface area contributed by atoms with E-state index in [4.69, 9.17) is 18.9 Å². The highest BCUT2D eigenvalue weighted by Crippen LogP contribution is 2.33. The molecule has 5 aromatic rings. The Morgan fingerprint density at radius 1 is 0.911 bits per heavy atom. The Morgan fingerprint density at radius 3 is 2.44 bits per heavy atom. The molecule has 0 saturated carbocycles. The van der Waals surface area contributed by atoms with Crippen molar-refractivity contribution in [2.45, 2.75) is 33.0 Å². The van der Waals surface area contributed by atoms with E-state index in [1.54, 1.807) is 17.7 Å². The van der Waals surface area contributed by atoms with Gasteiger partial charge in [0, 0.05) is 23.7 Å². The van der Waals surface area contributed by atoms with E-state index in [-0.39, 0.29) is 31.0 Å². The van der Waals surface area contributed by atoms with Crippen molar-refractivity contribution < 1.29 is 28.5 Å². The van der Waals surface area contributed by atoms with Gasteiger partial charge in [-0.05, 0) is 79.1 Å². The van der Waals surface area contributed by atoms with Crippen LogP contribution in [0.4, 0.5) is 5.69 Å². The normalized spacial score (nSPS) is 14.0. The molecule has 1 aliphatic heterocycles. The van der Waals surface area contributed by atoms with Crippen LogP contribution in [0.15, 0.2) is 91.0 Å². The van der Waals surface area contributed by atoms with Crippen LogP contribution in [0.2, 0.25) is 0 Å². The summed E-state index contributed by atoms with van der Waals surface area (Å²) in [4.78, 5) is 29.2. The highest BCUT2D eigenvalue weighted by molar-refractivity contribution is 6.05. The summed E-state index contributed by atoms with van der Waals surface area (Å²) >= 11 is 0. The molecular weight excluding hydrogens is 568 g/mol. The van der Waals surface area contributed by atoms with E-state index >= 15 is 0 Å². The lowest BCUT2D eigenvalue weighted by molar-refractivity contribution is -0.144. The quantitative estimate of drug-likeness (QED) is 0.177. The van der Waals surface area contributed by atoms with Gasteiger partial charge in [-0.15, -0.1) is 0 Å². The summed E-state index contributed by atoms with van der Waals surface area (Å²) in [7, 11) is 3.63. The Labute approximate surface area is 262 Å². The van der Waals surface area contributed by atoms with Crippen LogP contribution < -0.4 is 19.1 Å². The first-order valence-corrected chi connectivity index (χ1v) is 14.9. The zero-order valence-corrected chi connectivity index (χ0v) is 25.9. The average Bonchev–Trinajstić information content (AvgIpc) is 3.32. The first kappa shape index (κ1) is 29.8. The van der Waals surface area contributed by atoms with Gasteiger partial charge < -0.3 is 23.8 Å². The third-order valence-electron chi connectivity index (χ3n) is 8.22. The lowest BCUT2D eigenvalue weighted by atomic mass is 10.1. The first-order chi connectivity index (χ1) is 21.8. The Hall–Kier alpha value is -5.24. The second-order valence-electron chi connectivity index (χ2n) is 11.3. The standard InChI is InChI=1S/C37H36N2O6/c1-24-18-28(43-23-29-21-38(3)34-12-8-9-13-35(34)45-29)14-16-30(24)37(41)39-25(2)31(32-19-27(42-4)15-17-33(32)39)20-36(40)44-22-26-10-6-5-7-11-26/h5-19,29H,20-23H2,1-4H3/t29-/m0/s1. The van der Waals surface area contributed by atoms with Gasteiger partial charge in [0.15, 0.2) is 0 Å². The second kappa shape index (κ2) is 12.8. The first-order valence-electron chi connectivity index (χ1n) is 14.9. The monoisotopic (exact) mass is 604 g/mol. The maximum absolute atomic E-state index is 14.1. The van der Waals surface area contributed by atoms with Gasteiger partial charge in [0.05, 0.1) is 31.3 Å². The zero-order chi connectivity index (χ0) is 31.5. The summed E-state index contributed by atoms with van der Waals surface area (Å²) in [6, 6.07) is 28.5. The topological polar surface area (TPSA) is 79.2 Å². The lowest BCUT2D eigenvalue weighted by Gasteiger charge is -2.33. The number of para-hydroxylation sites is 2. The Balaban J connectivity index is 1.21. The molecule has 6 rings (SSSR count). The molecule has 1 aliphatic rings. The van der Waals surface area contributed by atoms with Gasteiger partial charge in [-0.25, -0.2) is 0 Å². The molecule has 230 valence electrons. The van der Waals surface area contributed by atoms with E-state index < -0.39 is 0 Å². The summed E-state index contributed by atoms with van der Waals surface area (Å²) in [5.74, 6) is 1.58. The van der Waals surface area contributed by atoms with Crippen molar-refractivity contribution in [3.8, 4) is 17.2 Å². The molecule has 0 aliphatic carbocycles. The number of likely N-dealkylation sites (N-methyl/N-ethyl adjacent to an activating group) is 1. The van der Waals surface area contributed by atoms with Gasteiger partial charge in [-0.1, -0.05) is 42.5 Å². The molecule has 0 bridgehead atoms. The molecular formula is C37H36N2O6. The van der Waals surface area contributed by atoms with Crippen molar-refractivity contribution in [3.63, 3.8) is 0 Å². The highest BCUT2D eigenvalue weighted by atomic mass is 16.5. The van der Waals surface area contributed by atoms with Crippen molar-refractivity contribution in [2.24, 2.45) is 0 Å². The van der Waals surface area contributed by atoms with Crippen molar-refractivity contribution in [3.05, 3.63) is 119 Å². The molecule has 1 aromatic heterocycles. The fourth-order valence-electron chi connectivity index (χ4n) is 5.86. The molecule has 0 N–H and O–H groups in total. The summed E-state index contributed by atoms with van der Waals surface area (Å²) in [5.41, 5.74) is 5.40. The predicted molar refractivity (Wildman–Crippen MR) is 174 cm³/mol. The minimum Gasteiger partial charge on any atom is -0.497 e. The Bertz CT molecular complexity index is 1860. The maximum Gasteiger partial charge on any atom is 0.310 e. The maximum atomic E-state index is 14.1. The SMILES string of the molecule is COc1ccc2c(c1)c(CC(=O)OCc1ccccc1)c(C)n2C(=O)c1ccc(OC[C@@H]2CN(C)c3ccccc3O2)cc1C. The number of anilines is 1. The molecule has 45 heavy (non-hydrogen) atoms. The van der Waals surface area contributed by atoms with Gasteiger partial charge in [-0.2, -0.15) is 0 Å². The van der Waals surface area contributed by atoms with Gasteiger partial charge in [0.2, 0.25) is 0 Å². The van der Waals surface area contributed by atoms with Crippen molar-refractivity contribution in [1.29, 1.82) is 0 Å². The van der Waals surface area contributed by atoms with Crippen LogP contribution in [-0.4, -0.2) is 49.9 Å². The number of fused-ring (bicyclic) bond motifs is 2. The van der Waals surface area contributed by atoms with Crippen LogP contribution in [0.5, 0.6) is 17.2 Å². The van der Waals surface area contributed by atoms with Gasteiger partial charge in [0.1, 0.15) is 36.6 Å². The number of nitrogens with zero attached hydrogens (tertiary/aromatic N) is 2. The molecule has 0 saturated heterocycles. The molecule has 8 heteroatoms. The molecule has 1 atom stereocenters. The van der Waals surface area contributed by atoms with E-state index in [1.165, 1.54) is 0 Å². The van der Waals surface area contributed by atoms with E-state index in [0.29, 0.717) is 41.4 Å². The Morgan fingerprint density at radius 2 is 1.67 bits per heavy atom. The predicted octanol–water partition coefficient (Wildman–Crippen LogP) is 6.52. The van der Waals surface area contributed by atoms with E-state index in [9.17, 15) is 9.59 Å². The second-order valence-corrected chi connectivity index (χ2v) is 11.3. The van der Waals surface area contributed by atoms with Crippen molar-refractivity contribution in [1.82, 2.24) is 4.57 Å². The van der Waals surface area contributed by atoms with E-state index in [1.807, 2.05) is 106 Å². The average molecular weight is 605 g/mol. The number of methoxy groups -OCH3 is 1. The number of hydrogen-bond acceptors (Lipinski definition) is 7. The number of rotatable bonds is 9. The largest absolute Gasteiger partial charge is 0.497 e. The van der Waals surface area contributed by atoms with Crippen LogP contribution in [0.25, 0.3) is 10.9 Å². The summed E-state index contributed by atoms with van der Waals surface area (Å²) < 4.78 is 25.0. The van der Waals surface area contributed by atoms with Gasteiger partial charge >= 0.3 is 5.97 Å². The zero-order valence-electron chi connectivity index (χ0n) is 25.9. The number of aryl methyl sites for hydroxylation is 1. The third kappa shape index (κ3) is 6.22. The van der Waals surface area contributed by atoms with Gasteiger partial charge in [0.25, 0.3) is 5.91 Å². The minimum absolute atomic E-state index is 0.0251. The minimum atomic E-state index is -0.370. The van der Waals surface area contributed by atoms with Crippen molar-refractivity contribution >= 4 is 28.5 Å². The van der Waals surface area contributed by atoms with Crippen LogP contribution in [0, 0.1) is 13.8 Å². The molecule has 0 radical (unpaired) electrons. The van der Waals surface area contributed by atoms with Crippen LogP contribution in [-0.2, 0) is 22.6 Å². The van der Waals surface area contributed by atoms with Crippen LogP contribution in [0.3, 0.4) is 0 Å². The molecule has 2 heterocycles. The number of aromatic nitrogens is 1. The van der Waals surface area contributed by atoms with E-state index in [2.05, 4.69) is 4.90 Å². The number of carbonyl (C=O) groups is 2. The molecule has 0 amide bonds. The molecule has 8 nitrogen and oxygen atoms in total. The Kier molecular flexibility index (Phi) is 8.47. The van der Waals surface area contributed by atoms with Crippen LogP contribution >= 0.6 is 0 Å². The van der Waals surface area contributed by atoms with E-state index in [0.717, 1.165) is 33.5 Å². The van der Waals surface area contributed by atoms with Crippen LogP contribution in [0.1, 0.15) is 32.7 Å². The fourth-order valence-corrected chi connectivity index (χ4v) is 5.86. The smallest absolute Gasteiger partial charge is 0.310 e.